The van der Waals surface area contributed by atoms with E-state index in [1.54, 1.807) is 0 Å². The molecule has 2 nitrogen and oxygen atoms in total. The summed E-state index contributed by atoms with van der Waals surface area (Å²) in [6.07, 6.45) is 2.09. The van der Waals surface area contributed by atoms with Crippen molar-refractivity contribution in [3.63, 3.8) is 0 Å². The van der Waals surface area contributed by atoms with Gasteiger partial charge < -0.3 is 0 Å². The van der Waals surface area contributed by atoms with Gasteiger partial charge in [0.05, 0.1) is 12.1 Å². The third-order valence-electron chi connectivity index (χ3n) is 1.28. The third kappa shape index (κ3) is 3.55. The summed E-state index contributed by atoms with van der Waals surface area (Å²) in [6.45, 7) is 1.96. The Hall–Kier alpha value is -1.02. The van der Waals surface area contributed by atoms with Crippen LogP contribution in [-0.4, -0.2) is 0 Å². The van der Waals surface area contributed by atoms with E-state index in [0.717, 1.165) is 12.8 Å². The van der Waals surface area contributed by atoms with Gasteiger partial charge in [-0.25, -0.2) is 0 Å². The van der Waals surface area contributed by atoms with Crippen LogP contribution in [0.15, 0.2) is 0 Å². The van der Waals surface area contributed by atoms with Gasteiger partial charge >= 0.3 is 0 Å². The second-order valence-corrected chi connectivity index (χ2v) is 1.93. The topological polar surface area (TPSA) is 47.6 Å². The first kappa shape index (κ1) is 7.98. The standard InChI is InChI=1S/C7H10N2/c1-2-7(6-9)4-3-5-8/h7H,2-4H2,1H3. The van der Waals surface area contributed by atoms with Crippen LogP contribution in [-0.2, 0) is 0 Å². The Morgan fingerprint density at radius 1 is 1.44 bits per heavy atom. The molecule has 0 saturated carbocycles. The van der Waals surface area contributed by atoms with Gasteiger partial charge in [-0.05, 0) is 12.8 Å². The molecule has 0 rings (SSSR count). The van der Waals surface area contributed by atoms with Crippen molar-refractivity contribution in [2.45, 2.75) is 26.2 Å². The number of hydrogen-bond donors (Lipinski definition) is 0. The molecule has 0 aromatic carbocycles. The molecule has 0 spiro atoms. The highest BCUT2D eigenvalue weighted by Crippen LogP contribution is 2.07. The van der Waals surface area contributed by atoms with Crippen molar-refractivity contribution < 1.29 is 0 Å². The van der Waals surface area contributed by atoms with Gasteiger partial charge in [0.1, 0.15) is 0 Å². The maximum absolute atomic E-state index is 8.39. The molecule has 0 amide bonds. The summed E-state index contributed by atoms with van der Waals surface area (Å²) >= 11 is 0. The van der Waals surface area contributed by atoms with Gasteiger partial charge in [0.25, 0.3) is 0 Å². The Balaban J connectivity index is 3.37. The Morgan fingerprint density at radius 2 is 2.11 bits per heavy atom. The zero-order valence-corrected chi connectivity index (χ0v) is 5.59. The molecule has 0 N–H and O–H groups in total. The largest absolute Gasteiger partial charge is 0.198 e. The number of hydrogen-bond acceptors (Lipinski definition) is 2. The summed E-state index contributed by atoms with van der Waals surface area (Å²) in [5.41, 5.74) is 0. The predicted molar refractivity (Wildman–Crippen MR) is 34.2 cm³/mol. The fourth-order valence-corrected chi connectivity index (χ4v) is 0.599. The van der Waals surface area contributed by atoms with Crippen LogP contribution in [0, 0.1) is 28.6 Å². The Bertz CT molecular complexity index is 138. The van der Waals surface area contributed by atoms with E-state index in [1.165, 1.54) is 0 Å². The maximum Gasteiger partial charge on any atom is 0.0656 e. The summed E-state index contributed by atoms with van der Waals surface area (Å²) in [5, 5.41) is 16.5. The molecule has 0 radical (unpaired) electrons. The van der Waals surface area contributed by atoms with E-state index in [1.807, 2.05) is 13.0 Å². The van der Waals surface area contributed by atoms with E-state index in [0.29, 0.717) is 6.42 Å². The van der Waals surface area contributed by atoms with Crippen molar-refractivity contribution in [3.05, 3.63) is 0 Å². The van der Waals surface area contributed by atoms with E-state index in [4.69, 9.17) is 10.5 Å². The Morgan fingerprint density at radius 3 is 2.44 bits per heavy atom. The number of nitrogens with zero attached hydrogens (tertiary/aromatic N) is 2. The Kier molecular flexibility index (Phi) is 4.54. The lowest BCUT2D eigenvalue weighted by molar-refractivity contribution is 0.595. The molecule has 1 atom stereocenters. The molecule has 0 heterocycles. The molecule has 0 aromatic rings. The first-order valence-corrected chi connectivity index (χ1v) is 3.11. The summed E-state index contributed by atoms with van der Waals surface area (Å²) < 4.78 is 0. The average Bonchev–Trinajstić information content (AvgIpc) is 1.91. The monoisotopic (exact) mass is 122 g/mol. The molecule has 0 saturated heterocycles. The van der Waals surface area contributed by atoms with Gasteiger partial charge in [0, 0.05) is 12.3 Å². The first-order valence-electron chi connectivity index (χ1n) is 3.11. The quantitative estimate of drug-likeness (QED) is 0.573. The van der Waals surface area contributed by atoms with Gasteiger partial charge in [-0.3, -0.25) is 0 Å². The van der Waals surface area contributed by atoms with E-state index < -0.39 is 0 Å². The normalized spacial score (nSPS) is 11.4. The van der Waals surface area contributed by atoms with Crippen LogP contribution in [0.5, 0.6) is 0 Å². The van der Waals surface area contributed by atoms with Crippen molar-refractivity contribution in [1.29, 1.82) is 10.5 Å². The summed E-state index contributed by atoms with van der Waals surface area (Å²) in [7, 11) is 0. The highest BCUT2D eigenvalue weighted by molar-refractivity contribution is 4.84. The SMILES string of the molecule is CCC(C#N)CCC#N. The molecular weight excluding hydrogens is 112 g/mol. The average molecular weight is 122 g/mol. The lowest BCUT2D eigenvalue weighted by Gasteiger charge is -1.98. The van der Waals surface area contributed by atoms with Crippen LogP contribution in [0.2, 0.25) is 0 Å². The molecule has 9 heavy (non-hydrogen) atoms. The molecule has 0 fully saturated rings. The summed E-state index contributed by atoms with van der Waals surface area (Å²) in [5.74, 6) is 0.0876. The lowest BCUT2D eigenvalue weighted by atomic mass is 10.0. The molecule has 1 unspecified atom stereocenters. The summed E-state index contributed by atoms with van der Waals surface area (Å²) in [4.78, 5) is 0. The molecule has 48 valence electrons. The first-order chi connectivity index (χ1) is 4.35. The minimum atomic E-state index is 0.0876. The minimum Gasteiger partial charge on any atom is -0.198 e. The fourth-order valence-electron chi connectivity index (χ4n) is 0.599. The van der Waals surface area contributed by atoms with Gasteiger partial charge in [0.2, 0.25) is 0 Å². The molecule has 0 bridgehead atoms. The minimum absolute atomic E-state index is 0.0876. The molecule has 0 aromatic heterocycles. The number of nitriles is 2. The van der Waals surface area contributed by atoms with E-state index in [2.05, 4.69) is 6.07 Å². The van der Waals surface area contributed by atoms with Gasteiger partial charge in [-0.2, -0.15) is 10.5 Å². The van der Waals surface area contributed by atoms with Gasteiger partial charge in [-0.15, -0.1) is 0 Å². The highest BCUT2D eigenvalue weighted by Gasteiger charge is 2.01. The van der Waals surface area contributed by atoms with Crippen LogP contribution < -0.4 is 0 Å². The van der Waals surface area contributed by atoms with Gasteiger partial charge in [-0.1, -0.05) is 6.92 Å². The molecule has 0 aliphatic heterocycles. The van der Waals surface area contributed by atoms with Crippen molar-refractivity contribution in [1.82, 2.24) is 0 Å². The fraction of sp³-hybridized carbons (Fsp3) is 0.714. The molecule has 0 aliphatic carbocycles. The van der Waals surface area contributed by atoms with E-state index in [9.17, 15) is 0 Å². The van der Waals surface area contributed by atoms with E-state index in [-0.39, 0.29) is 5.92 Å². The van der Waals surface area contributed by atoms with Crippen LogP contribution in [0.25, 0.3) is 0 Å². The zero-order valence-electron chi connectivity index (χ0n) is 5.59. The number of rotatable bonds is 3. The Labute approximate surface area is 55.7 Å². The predicted octanol–water partition coefficient (Wildman–Crippen LogP) is 1.84. The van der Waals surface area contributed by atoms with Crippen LogP contribution >= 0.6 is 0 Å². The maximum atomic E-state index is 8.39. The van der Waals surface area contributed by atoms with Crippen molar-refractivity contribution >= 4 is 0 Å². The van der Waals surface area contributed by atoms with Crippen molar-refractivity contribution in [3.8, 4) is 12.1 Å². The highest BCUT2D eigenvalue weighted by atomic mass is 14.3. The van der Waals surface area contributed by atoms with Crippen molar-refractivity contribution in [2.75, 3.05) is 0 Å². The lowest BCUT2D eigenvalue weighted by Crippen LogP contribution is -1.92. The van der Waals surface area contributed by atoms with Gasteiger partial charge in [0.15, 0.2) is 0 Å². The third-order valence-corrected chi connectivity index (χ3v) is 1.28. The second kappa shape index (κ2) is 5.12. The van der Waals surface area contributed by atoms with Crippen molar-refractivity contribution in [2.24, 2.45) is 5.92 Å². The van der Waals surface area contributed by atoms with Crippen LogP contribution in [0.4, 0.5) is 0 Å². The molecule has 2 heteroatoms. The smallest absolute Gasteiger partial charge is 0.0656 e. The van der Waals surface area contributed by atoms with Crippen LogP contribution in [0.1, 0.15) is 26.2 Å². The van der Waals surface area contributed by atoms with Crippen LogP contribution in [0.3, 0.4) is 0 Å². The molecular formula is C7H10N2. The van der Waals surface area contributed by atoms with E-state index >= 15 is 0 Å². The molecule has 0 aliphatic rings. The second-order valence-electron chi connectivity index (χ2n) is 1.93. The zero-order chi connectivity index (χ0) is 7.11. The summed E-state index contributed by atoms with van der Waals surface area (Å²) in [6, 6.07) is 4.15.